The fourth-order valence-electron chi connectivity index (χ4n) is 2.59. The number of rotatable bonds is 7. The van der Waals surface area contributed by atoms with Crippen LogP contribution in [-0.4, -0.2) is 35.9 Å². The summed E-state index contributed by atoms with van der Waals surface area (Å²) >= 11 is 3.32. The lowest BCUT2D eigenvalue weighted by molar-refractivity contribution is -0.143. The molecule has 0 saturated heterocycles. The van der Waals surface area contributed by atoms with E-state index in [-0.39, 0.29) is 6.54 Å². The number of esters is 1. The normalized spacial score (nSPS) is 10.7. The molecule has 0 fully saturated rings. The molecule has 0 aliphatic rings. The quantitative estimate of drug-likeness (QED) is 0.410. The third-order valence-electron chi connectivity index (χ3n) is 4.00. The van der Waals surface area contributed by atoms with Crippen molar-refractivity contribution in [3.8, 4) is 0 Å². The van der Waals surface area contributed by atoms with E-state index in [9.17, 15) is 14.4 Å². The van der Waals surface area contributed by atoms with Crippen LogP contribution in [0.4, 0.5) is 5.69 Å². The first-order valence-electron chi connectivity index (χ1n) is 9.02. The van der Waals surface area contributed by atoms with Crippen LogP contribution in [0.3, 0.4) is 0 Å². The SMILES string of the molecule is O=C(COC(=O)/C=C/c1cccc2cccnc12)NCC(=O)Nc1ccccc1Br. The van der Waals surface area contributed by atoms with Crippen LogP contribution in [0, 0.1) is 0 Å². The van der Waals surface area contributed by atoms with E-state index in [0.717, 1.165) is 20.9 Å². The van der Waals surface area contributed by atoms with Crippen LogP contribution in [0.2, 0.25) is 0 Å². The average Bonchev–Trinajstić information content (AvgIpc) is 2.76. The van der Waals surface area contributed by atoms with E-state index in [1.165, 1.54) is 6.08 Å². The van der Waals surface area contributed by atoms with Crippen LogP contribution in [0.1, 0.15) is 5.56 Å². The molecule has 0 atom stereocenters. The van der Waals surface area contributed by atoms with Gasteiger partial charge in [-0.2, -0.15) is 0 Å². The van der Waals surface area contributed by atoms with Crippen molar-refractivity contribution >= 4 is 56.4 Å². The molecule has 3 rings (SSSR count). The van der Waals surface area contributed by atoms with Gasteiger partial charge < -0.3 is 15.4 Å². The fraction of sp³-hybridized carbons (Fsp3) is 0.0909. The summed E-state index contributed by atoms with van der Waals surface area (Å²) in [5.74, 6) is -1.65. The largest absolute Gasteiger partial charge is 0.452 e. The van der Waals surface area contributed by atoms with Crippen LogP contribution >= 0.6 is 15.9 Å². The zero-order valence-electron chi connectivity index (χ0n) is 15.8. The van der Waals surface area contributed by atoms with Crippen LogP contribution in [0.25, 0.3) is 17.0 Å². The van der Waals surface area contributed by atoms with Crippen molar-refractivity contribution in [1.82, 2.24) is 10.3 Å². The summed E-state index contributed by atoms with van der Waals surface area (Å²) in [6, 6.07) is 16.5. The first kappa shape index (κ1) is 21.2. The maximum atomic E-state index is 11.9. The molecule has 2 N–H and O–H groups in total. The maximum absolute atomic E-state index is 11.9. The number of benzene rings is 2. The third-order valence-corrected chi connectivity index (χ3v) is 4.69. The summed E-state index contributed by atoms with van der Waals surface area (Å²) in [4.78, 5) is 39.9. The van der Waals surface area contributed by atoms with E-state index in [1.54, 1.807) is 30.5 Å². The molecule has 8 heteroatoms. The fourth-order valence-corrected chi connectivity index (χ4v) is 2.98. The first-order valence-corrected chi connectivity index (χ1v) is 9.82. The molecule has 0 bridgehead atoms. The number of pyridine rings is 1. The van der Waals surface area contributed by atoms with Crippen LogP contribution in [-0.2, 0) is 19.1 Å². The third kappa shape index (κ3) is 5.99. The Morgan fingerprint density at radius 3 is 2.63 bits per heavy atom. The molecule has 2 amide bonds. The summed E-state index contributed by atoms with van der Waals surface area (Å²) in [6.45, 7) is -0.728. The minimum absolute atomic E-state index is 0.241. The zero-order valence-corrected chi connectivity index (χ0v) is 17.4. The molecule has 30 heavy (non-hydrogen) atoms. The molecule has 0 unspecified atom stereocenters. The highest BCUT2D eigenvalue weighted by Crippen LogP contribution is 2.20. The summed E-state index contributed by atoms with van der Waals surface area (Å²) in [6.07, 6.45) is 4.49. The van der Waals surface area contributed by atoms with Crippen molar-refractivity contribution in [1.29, 1.82) is 0 Å². The molecule has 1 aromatic heterocycles. The van der Waals surface area contributed by atoms with Gasteiger partial charge in [0.1, 0.15) is 0 Å². The molecule has 3 aromatic rings. The summed E-state index contributed by atoms with van der Waals surface area (Å²) in [5.41, 5.74) is 2.12. The van der Waals surface area contributed by atoms with Crippen molar-refractivity contribution in [3.63, 3.8) is 0 Å². The first-order chi connectivity index (χ1) is 14.5. The number of nitrogens with one attached hydrogen (secondary N) is 2. The lowest BCUT2D eigenvalue weighted by atomic mass is 10.1. The Labute approximate surface area is 181 Å². The number of aromatic nitrogens is 1. The van der Waals surface area contributed by atoms with Crippen molar-refractivity contribution in [3.05, 3.63) is 76.9 Å². The van der Waals surface area contributed by atoms with Crippen LogP contribution < -0.4 is 10.6 Å². The van der Waals surface area contributed by atoms with Gasteiger partial charge in [0.2, 0.25) is 5.91 Å². The number of hydrogen-bond acceptors (Lipinski definition) is 5. The number of carbonyl (C=O) groups excluding carboxylic acids is 3. The minimum atomic E-state index is -0.671. The van der Waals surface area contributed by atoms with Gasteiger partial charge in [0.05, 0.1) is 17.7 Å². The number of hydrogen-bond donors (Lipinski definition) is 2. The number of amides is 2. The Bertz CT molecular complexity index is 1110. The summed E-state index contributed by atoms with van der Waals surface area (Å²) in [7, 11) is 0. The van der Waals surface area contributed by atoms with Gasteiger partial charge in [-0.1, -0.05) is 36.4 Å². The minimum Gasteiger partial charge on any atom is -0.452 e. The number of halogens is 1. The number of fused-ring (bicyclic) bond motifs is 1. The van der Waals surface area contributed by atoms with E-state index in [1.807, 2.05) is 36.4 Å². The molecule has 152 valence electrons. The van der Waals surface area contributed by atoms with Crippen LogP contribution in [0.5, 0.6) is 0 Å². The topological polar surface area (TPSA) is 97.4 Å². The van der Waals surface area contributed by atoms with Gasteiger partial charge >= 0.3 is 5.97 Å². The van der Waals surface area contributed by atoms with Gasteiger partial charge in [0, 0.05) is 27.7 Å². The monoisotopic (exact) mass is 467 g/mol. The number of carbonyl (C=O) groups is 3. The molecule has 7 nitrogen and oxygen atoms in total. The molecule has 0 spiro atoms. The second kappa shape index (κ2) is 10.3. The highest BCUT2D eigenvalue weighted by atomic mass is 79.9. The predicted molar refractivity (Wildman–Crippen MR) is 118 cm³/mol. The Morgan fingerprint density at radius 1 is 1.00 bits per heavy atom. The number of anilines is 1. The molecule has 1 heterocycles. The van der Waals surface area contributed by atoms with Gasteiger partial charge in [-0.15, -0.1) is 0 Å². The van der Waals surface area contributed by atoms with E-state index in [0.29, 0.717) is 5.69 Å². The standard InChI is InChI=1S/C22H18BrN3O4/c23-17-8-1-2-9-18(17)26-19(27)13-25-20(28)14-30-21(29)11-10-16-6-3-5-15-7-4-12-24-22(15)16/h1-12H,13-14H2,(H,25,28)(H,26,27)/b11-10+. The van der Waals surface area contributed by atoms with Crippen molar-refractivity contribution in [2.24, 2.45) is 0 Å². The summed E-state index contributed by atoms with van der Waals surface area (Å²) < 4.78 is 5.64. The highest BCUT2D eigenvalue weighted by Gasteiger charge is 2.09. The van der Waals surface area contributed by atoms with Gasteiger partial charge in [0.25, 0.3) is 5.91 Å². The second-order valence-corrected chi connectivity index (χ2v) is 7.02. The van der Waals surface area contributed by atoms with Crippen molar-refractivity contribution in [2.45, 2.75) is 0 Å². The van der Waals surface area contributed by atoms with Gasteiger partial charge in [-0.25, -0.2) is 4.79 Å². The van der Waals surface area contributed by atoms with E-state index >= 15 is 0 Å². The van der Waals surface area contributed by atoms with Crippen molar-refractivity contribution < 1.29 is 19.1 Å². The van der Waals surface area contributed by atoms with Gasteiger partial charge in [0.15, 0.2) is 6.61 Å². The number of ether oxygens (including phenoxy) is 1. The van der Waals surface area contributed by atoms with Gasteiger partial charge in [-0.05, 0) is 40.2 Å². The Balaban J connectivity index is 1.44. The van der Waals surface area contributed by atoms with E-state index in [4.69, 9.17) is 4.74 Å². The van der Waals surface area contributed by atoms with Crippen molar-refractivity contribution in [2.75, 3.05) is 18.5 Å². The summed E-state index contributed by atoms with van der Waals surface area (Å²) in [5, 5.41) is 6.01. The highest BCUT2D eigenvalue weighted by molar-refractivity contribution is 9.10. The Kier molecular flexibility index (Phi) is 7.29. The lowest BCUT2D eigenvalue weighted by Crippen LogP contribution is -2.35. The molecular weight excluding hydrogens is 450 g/mol. The second-order valence-electron chi connectivity index (χ2n) is 6.17. The number of para-hydroxylation sites is 2. The van der Waals surface area contributed by atoms with Gasteiger partial charge in [-0.3, -0.25) is 14.6 Å². The zero-order chi connectivity index (χ0) is 21.3. The smallest absolute Gasteiger partial charge is 0.331 e. The maximum Gasteiger partial charge on any atom is 0.331 e. The molecule has 2 aromatic carbocycles. The molecule has 0 radical (unpaired) electrons. The predicted octanol–water partition coefficient (Wildman–Crippen LogP) is 3.31. The molecule has 0 aliphatic carbocycles. The Morgan fingerprint density at radius 2 is 1.80 bits per heavy atom. The molecule has 0 aliphatic heterocycles. The molecule has 0 saturated carbocycles. The van der Waals surface area contributed by atoms with E-state index < -0.39 is 24.4 Å². The number of nitrogens with zero attached hydrogens (tertiary/aromatic N) is 1. The molecular formula is C22H18BrN3O4. The van der Waals surface area contributed by atoms with Crippen LogP contribution in [0.15, 0.2) is 71.3 Å². The lowest BCUT2D eigenvalue weighted by Gasteiger charge is -2.08. The van der Waals surface area contributed by atoms with E-state index in [2.05, 4.69) is 31.5 Å². The Hall–Kier alpha value is -3.52. The average molecular weight is 468 g/mol.